The summed E-state index contributed by atoms with van der Waals surface area (Å²) in [6, 6.07) is 3.77. The fourth-order valence-electron chi connectivity index (χ4n) is 1.40. The molecule has 0 unspecified atom stereocenters. The molecule has 98 valence electrons. The van der Waals surface area contributed by atoms with Crippen molar-refractivity contribution >= 4 is 35.1 Å². The maximum Gasteiger partial charge on any atom is 0.328 e. The lowest BCUT2D eigenvalue weighted by molar-refractivity contribution is -0.131. The Kier molecular flexibility index (Phi) is 4.70. The summed E-state index contributed by atoms with van der Waals surface area (Å²) < 4.78 is 0. The predicted octanol–water partition coefficient (Wildman–Crippen LogP) is 3.24. The average molecular weight is 292 g/mol. The molecule has 0 fully saturated rings. The van der Waals surface area contributed by atoms with E-state index in [-0.39, 0.29) is 0 Å². The van der Waals surface area contributed by atoms with Crippen molar-refractivity contribution < 1.29 is 9.90 Å². The van der Waals surface area contributed by atoms with E-state index in [0.717, 1.165) is 33.1 Å². The zero-order chi connectivity index (χ0) is 13.7. The van der Waals surface area contributed by atoms with Gasteiger partial charge in [-0.05, 0) is 36.1 Å². The number of hydrogen-bond acceptors (Lipinski definition) is 5. The van der Waals surface area contributed by atoms with E-state index in [4.69, 9.17) is 5.11 Å². The van der Waals surface area contributed by atoms with Gasteiger partial charge in [0.1, 0.15) is 0 Å². The molecule has 0 aliphatic heterocycles. The zero-order valence-electron chi connectivity index (χ0n) is 10.2. The highest BCUT2D eigenvalue weighted by Gasteiger charge is 2.05. The van der Waals surface area contributed by atoms with Gasteiger partial charge >= 0.3 is 5.97 Å². The first-order valence-corrected chi connectivity index (χ1v) is 7.41. The lowest BCUT2D eigenvalue weighted by atomic mass is 10.2. The molecule has 0 radical (unpaired) electrons. The van der Waals surface area contributed by atoms with Gasteiger partial charge in [0.25, 0.3) is 0 Å². The summed E-state index contributed by atoms with van der Waals surface area (Å²) in [4.78, 5) is 20.1. The van der Waals surface area contributed by atoms with Crippen LogP contribution in [0.15, 0.2) is 34.9 Å². The fourth-order valence-corrected chi connectivity index (χ4v) is 3.27. The van der Waals surface area contributed by atoms with Gasteiger partial charge in [0.15, 0.2) is 5.16 Å². The molecule has 4 nitrogen and oxygen atoms in total. The highest BCUT2D eigenvalue weighted by Crippen LogP contribution is 2.26. The molecule has 2 heterocycles. The molecule has 2 rings (SSSR count). The van der Waals surface area contributed by atoms with E-state index >= 15 is 0 Å². The number of aryl methyl sites for hydroxylation is 1. The van der Waals surface area contributed by atoms with Gasteiger partial charge < -0.3 is 5.11 Å². The van der Waals surface area contributed by atoms with Crippen LogP contribution in [0.3, 0.4) is 0 Å². The Hall–Kier alpha value is -1.66. The molecule has 0 aromatic carbocycles. The molecule has 0 aliphatic carbocycles. The number of rotatable bonds is 5. The summed E-state index contributed by atoms with van der Waals surface area (Å²) in [6.07, 6.45) is 4.51. The summed E-state index contributed by atoms with van der Waals surface area (Å²) in [5, 5.41) is 11.3. The van der Waals surface area contributed by atoms with Crippen LogP contribution in [-0.4, -0.2) is 21.0 Å². The number of aliphatic carboxylic acids is 1. The molecule has 19 heavy (non-hydrogen) atoms. The van der Waals surface area contributed by atoms with Crippen molar-refractivity contribution in [2.45, 2.75) is 17.8 Å². The molecule has 6 heteroatoms. The predicted molar refractivity (Wildman–Crippen MR) is 77.3 cm³/mol. The molecule has 0 atom stereocenters. The summed E-state index contributed by atoms with van der Waals surface area (Å²) >= 11 is 3.15. The molecule has 2 aromatic heterocycles. The Morgan fingerprint density at radius 3 is 3.11 bits per heavy atom. The Balaban J connectivity index is 2.04. The average Bonchev–Trinajstić information content (AvgIpc) is 2.81. The van der Waals surface area contributed by atoms with Gasteiger partial charge in [0, 0.05) is 28.6 Å². The minimum Gasteiger partial charge on any atom is -0.478 e. The van der Waals surface area contributed by atoms with Crippen LogP contribution < -0.4 is 0 Å². The molecule has 0 saturated heterocycles. The van der Waals surface area contributed by atoms with Crippen LogP contribution in [0.1, 0.15) is 16.1 Å². The molecule has 0 saturated carbocycles. The highest BCUT2D eigenvalue weighted by atomic mass is 32.2. The second kappa shape index (κ2) is 6.49. The Labute approximate surface area is 119 Å². The van der Waals surface area contributed by atoms with Crippen LogP contribution in [0.4, 0.5) is 0 Å². The first kappa shape index (κ1) is 13.8. The monoisotopic (exact) mass is 292 g/mol. The molecular formula is C13H12N2O2S2. The van der Waals surface area contributed by atoms with Crippen molar-refractivity contribution in [2.75, 3.05) is 0 Å². The number of aromatic nitrogens is 2. The van der Waals surface area contributed by atoms with Crippen molar-refractivity contribution in [2.24, 2.45) is 0 Å². The number of carbonyl (C=O) groups is 1. The van der Waals surface area contributed by atoms with Gasteiger partial charge in [-0.25, -0.2) is 14.8 Å². The minimum absolute atomic E-state index is 0.737. The lowest BCUT2D eigenvalue weighted by Crippen LogP contribution is -1.89. The van der Waals surface area contributed by atoms with Gasteiger partial charge in [-0.3, -0.25) is 0 Å². The van der Waals surface area contributed by atoms with Crippen molar-refractivity contribution in [1.29, 1.82) is 0 Å². The number of carboxylic acids is 1. The van der Waals surface area contributed by atoms with E-state index in [0.29, 0.717) is 0 Å². The Bertz CT molecular complexity index is 608. The molecule has 0 aliphatic rings. The van der Waals surface area contributed by atoms with Gasteiger partial charge in [-0.2, -0.15) is 0 Å². The summed E-state index contributed by atoms with van der Waals surface area (Å²) in [5.74, 6) is -0.202. The normalized spacial score (nSPS) is 11.0. The number of thioether (sulfide) groups is 1. The summed E-state index contributed by atoms with van der Waals surface area (Å²) in [6.45, 7) is 1.93. The first-order chi connectivity index (χ1) is 9.15. The highest BCUT2D eigenvalue weighted by molar-refractivity contribution is 7.98. The van der Waals surface area contributed by atoms with E-state index in [1.807, 2.05) is 24.4 Å². The molecular weight excluding hydrogens is 280 g/mol. The Morgan fingerprint density at radius 2 is 2.37 bits per heavy atom. The molecule has 1 N–H and O–H groups in total. The minimum atomic E-state index is -0.938. The summed E-state index contributed by atoms with van der Waals surface area (Å²) in [5.41, 5.74) is 1.88. The third-order valence-corrected chi connectivity index (χ3v) is 4.30. The van der Waals surface area contributed by atoms with E-state index in [9.17, 15) is 4.79 Å². The maximum atomic E-state index is 10.5. The SMILES string of the molecule is Cc1ccnc(SCc2sccc2/C=C/C(=O)O)n1. The smallest absolute Gasteiger partial charge is 0.328 e. The topological polar surface area (TPSA) is 63.1 Å². The van der Waals surface area contributed by atoms with Crippen LogP contribution in [0.25, 0.3) is 6.08 Å². The fraction of sp³-hybridized carbons (Fsp3) is 0.154. The van der Waals surface area contributed by atoms with Crippen molar-refractivity contribution in [1.82, 2.24) is 9.97 Å². The van der Waals surface area contributed by atoms with Crippen LogP contribution >= 0.6 is 23.1 Å². The molecule has 0 spiro atoms. The number of carboxylic acid groups (broad SMARTS) is 1. The largest absolute Gasteiger partial charge is 0.478 e. The van der Waals surface area contributed by atoms with Crippen LogP contribution in [-0.2, 0) is 10.5 Å². The van der Waals surface area contributed by atoms with E-state index in [1.165, 1.54) is 0 Å². The van der Waals surface area contributed by atoms with Crippen LogP contribution in [0.5, 0.6) is 0 Å². The van der Waals surface area contributed by atoms with Gasteiger partial charge in [-0.1, -0.05) is 11.8 Å². The molecule has 0 amide bonds. The third-order valence-electron chi connectivity index (χ3n) is 2.29. The van der Waals surface area contributed by atoms with Crippen LogP contribution in [0.2, 0.25) is 0 Å². The van der Waals surface area contributed by atoms with E-state index in [2.05, 4.69) is 9.97 Å². The number of nitrogens with zero attached hydrogens (tertiary/aromatic N) is 2. The van der Waals surface area contributed by atoms with E-state index in [1.54, 1.807) is 35.4 Å². The number of thiophene rings is 1. The molecule has 2 aromatic rings. The quantitative estimate of drug-likeness (QED) is 0.521. The van der Waals surface area contributed by atoms with Gasteiger partial charge in [0.05, 0.1) is 0 Å². The van der Waals surface area contributed by atoms with E-state index < -0.39 is 5.97 Å². The van der Waals surface area contributed by atoms with Crippen molar-refractivity contribution in [3.63, 3.8) is 0 Å². The second-order valence-electron chi connectivity index (χ2n) is 3.74. The molecule has 0 bridgehead atoms. The van der Waals surface area contributed by atoms with Gasteiger partial charge in [0.2, 0.25) is 0 Å². The number of hydrogen-bond donors (Lipinski definition) is 1. The van der Waals surface area contributed by atoms with Gasteiger partial charge in [-0.15, -0.1) is 11.3 Å². The lowest BCUT2D eigenvalue weighted by Gasteiger charge is -2.00. The standard InChI is InChI=1S/C13H12N2O2S2/c1-9-4-6-14-13(15-9)19-8-11-10(5-7-18-11)2-3-12(16)17/h2-7H,8H2,1H3,(H,16,17)/b3-2+. The second-order valence-corrected chi connectivity index (χ2v) is 5.68. The Morgan fingerprint density at radius 1 is 1.53 bits per heavy atom. The zero-order valence-corrected chi connectivity index (χ0v) is 11.9. The van der Waals surface area contributed by atoms with Crippen molar-refractivity contribution in [3.05, 3.63) is 45.9 Å². The third kappa shape index (κ3) is 4.18. The first-order valence-electron chi connectivity index (χ1n) is 5.55. The summed E-state index contributed by atoms with van der Waals surface area (Å²) in [7, 11) is 0. The van der Waals surface area contributed by atoms with Crippen molar-refractivity contribution in [3.8, 4) is 0 Å². The van der Waals surface area contributed by atoms with Crippen LogP contribution in [0, 0.1) is 6.92 Å². The maximum absolute atomic E-state index is 10.5.